The zero-order valence-electron chi connectivity index (χ0n) is 14.1. The number of likely N-dealkylation sites (tertiary alicyclic amines) is 1. The van der Waals surface area contributed by atoms with Crippen LogP contribution in [0.15, 0.2) is 11.2 Å². The molecule has 1 aliphatic rings. The largest absolute Gasteiger partial charge is 0.356 e. The molecule has 5 nitrogen and oxygen atoms in total. The predicted octanol–water partition coefficient (Wildman–Crippen LogP) is 2.38. The van der Waals surface area contributed by atoms with Gasteiger partial charge in [0.2, 0.25) is 0 Å². The van der Waals surface area contributed by atoms with Crippen LogP contribution in [-0.2, 0) is 6.54 Å². The molecular formula is C16H29N5S. The zero-order valence-corrected chi connectivity index (χ0v) is 14.9. The van der Waals surface area contributed by atoms with Gasteiger partial charge in [-0.05, 0) is 39.7 Å². The Morgan fingerprint density at radius 1 is 1.45 bits per heavy atom. The summed E-state index contributed by atoms with van der Waals surface area (Å²) >= 11 is 1.72. The maximum atomic E-state index is 4.35. The highest BCUT2D eigenvalue weighted by atomic mass is 32.1. The second-order valence-electron chi connectivity index (χ2n) is 5.95. The number of aliphatic imine (C=N–C) groups is 1. The monoisotopic (exact) mass is 323 g/mol. The van der Waals surface area contributed by atoms with Crippen LogP contribution in [-0.4, -0.2) is 48.6 Å². The van der Waals surface area contributed by atoms with Gasteiger partial charge in [0.25, 0.3) is 0 Å². The summed E-state index contributed by atoms with van der Waals surface area (Å²) in [6.07, 6.45) is 7.17. The minimum Gasteiger partial charge on any atom is -0.356 e. The highest BCUT2D eigenvalue weighted by molar-refractivity contribution is 7.11. The van der Waals surface area contributed by atoms with Gasteiger partial charge < -0.3 is 15.5 Å². The van der Waals surface area contributed by atoms with Crippen LogP contribution < -0.4 is 10.6 Å². The van der Waals surface area contributed by atoms with Gasteiger partial charge in [-0.2, -0.15) is 0 Å². The molecule has 0 bridgehead atoms. The first-order valence-electron chi connectivity index (χ1n) is 8.29. The van der Waals surface area contributed by atoms with Gasteiger partial charge in [0.05, 0.1) is 6.54 Å². The van der Waals surface area contributed by atoms with Gasteiger partial charge >= 0.3 is 0 Å². The molecule has 1 atom stereocenters. The standard InChI is InChI=1S/C16H29N5S/c1-13-7-4-5-9-21(13)10-6-8-18-16(17-3)20-12-15-19-11-14(2)22-15/h11,13H,4-10,12H2,1-3H3,(H2,17,18,20). The number of nitrogens with zero attached hydrogens (tertiary/aromatic N) is 3. The minimum atomic E-state index is 0.737. The lowest BCUT2D eigenvalue weighted by molar-refractivity contribution is 0.159. The van der Waals surface area contributed by atoms with E-state index in [1.807, 2.05) is 13.2 Å². The zero-order chi connectivity index (χ0) is 15.8. The lowest BCUT2D eigenvalue weighted by Crippen LogP contribution is -2.41. The SMILES string of the molecule is CN=C(NCCCN1CCCCC1C)NCc1ncc(C)s1. The molecule has 1 aliphatic heterocycles. The van der Waals surface area contributed by atoms with E-state index in [2.05, 4.69) is 39.4 Å². The van der Waals surface area contributed by atoms with Crippen molar-refractivity contribution in [2.45, 2.75) is 52.1 Å². The van der Waals surface area contributed by atoms with Crippen LogP contribution >= 0.6 is 11.3 Å². The van der Waals surface area contributed by atoms with Gasteiger partial charge in [-0.3, -0.25) is 4.99 Å². The van der Waals surface area contributed by atoms with Crippen LogP contribution in [0.5, 0.6) is 0 Å². The van der Waals surface area contributed by atoms with Gasteiger partial charge in [-0.25, -0.2) is 4.98 Å². The molecule has 1 saturated heterocycles. The molecule has 1 aromatic heterocycles. The molecule has 0 aliphatic carbocycles. The van der Waals surface area contributed by atoms with Gasteiger partial charge in [-0.15, -0.1) is 11.3 Å². The molecule has 2 N–H and O–H groups in total. The van der Waals surface area contributed by atoms with Gasteiger partial charge in [0.15, 0.2) is 5.96 Å². The fraction of sp³-hybridized carbons (Fsp3) is 0.750. The van der Waals surface area contributed by atoms with Crippen molar-refractivity contribution in [1.82, 2.24) is 20.5 Å². The van der Waals surface area contributed by atoms with Crippen molar-refractivity contribution in [2.75, 3.05) is 26.7 Å². The number of aryl methyl sites for hydroxylation is 1. The summed E-state index contributed by atoms with van der Waals surface area (Å²) < 4.78 is 0. The number of guanidine groups is 1. The molecule has 6 heteroatoms. The molecule has 0 radical (unpaired) electrons. The Bertz CT molecular complexity index is 471. The molecule has 0 amide bonds. The van der Waals surface area contributed by atoms with Gasteiger partial charge in [-0.1, -0.05) is 6.42 Å². The highest BCUT2D eigenvalue weighted by Crippen LogP contribution is 2.16. The smallest absolute Gasteiger partial charge is 0.191 e. The minimum absolute atomic E-state index is 0.737. The summed E-state index contributed by atoms with van der Waals surface area (Å²) in [5, 5.41) is 7.81. The van der Waals surface area contributed by atoms with Crippen molar-refractivity contribution >= 4 is 17.3 Å². The Morgan fingerprint density at radius 3 is 3.00 bits per heavy atom. The van der Waals surface area contributed by atoms with Crippen LogP contribution in [0.25, 0.3) is 0 Å². The van der Waals surface area contributed by atoms with Crippen molar-refractivity contribution in [3.63, 3.8) is 0 Å². The molecule has 1 aromatic rings. The van der Waals surface area contributed by atoms with Crippen LogP contribution in [0.2, 0.25) is 0 Å². The third-order valence-corrected chi connectivity index (χ3v) is 5.07. The third-order valence-electron chi connectivity index (χ3n) is 4.15. The number of hydrogen-bond acceptors (Lipinski definition) is 4. The fourth-order valence-corrected chi connectivity index (χ4v) is 3.57. The number of piperidine rings is 1. The van der Waals surface area contributed by atoms with Crippen molar-refractivity contribution in [1.29, 1.82) is 0 Å². The molecule has 1 unspecified atom stereocenters. The first kappa shape index (κ1) is 17.2. The second kappa shape index (κ2) is 9.10. The second-order valence-corrected chi connectivity index (χ2v) is 7.27. The molecule has 124 valence electrons. The van der Waals surface area contributed by atoms with Crippen molar-refractivity contribution < 1.29 is 0 Å². The van der Waals surface area contributed by atoms with Crippen LogP contribution in [0.3, 0.4) is 0 Å². The average Bonchev–Trinajstić information content (AvgIpc) is 2.94. The Labute approximate surface area is 138 Å². The summed E-state index contributed by atoms with van der Waals surface area (Å²) in [4.78, 5) is 12.5. The molecular weight excluding hydrogens is 294 g/mol. The van der Waals surface area contributed by atoms with E-state index in [4.69, 9.17) is 0 Å². The lowest BCUT2D eigenvalue weighted by atomic mass is 10.0. The van der Waals surface area contributed by atoms with Gasteiger partial charge in [0, 0.05) is 37.3 Å². The molecule has 0 saturated carbocycles. The molecule has 0 aromatic carbocycles. The van der Waals surface area contributed by atoms with E-state index in [1.54, 1.807) is 11.3 Å². The molecule has 22 heavy (non-hydrogen) atoms. The van der Waals surface area contributed by atoms with Crippen LogP contribution in [0.1, 0.15) is 42.5 Å². The average molecular weight is 324 g/mol. The summed E-state index contributed by atoms with van der Waals surface area (Å²) in [7, 11) is 1.81. The van der Waals surface area contributed by atoms with E-state index in [0.717, 1.165) is 36.5 Å². The Hall–Kier alpha value is -1.14. The number of hydrogen-bond donors (Lipinski definition) is 2. The van der Waals surface area contributed by atoms with E-state index in [1.165, 1.54) is 37.2 Å². The van der Waals surface area contributed by atoms with E-state index < -0.39 is 0 Å². The van der Waals surface area contributed by atoms with Gasteiger partial charge in [0.1, 0.15) is 5.01 Å². The molecule has 2 rings (SSSR count). The molecule has 0 spiro atoms. The Balaban J connectivity index is 1.62. The summed E-state index contributed by atoms with van der Waals surface area (Å²) in [6.45, 7) is 8.56. The first-order chi connectivity index (χ1) is 10.7. The lowest BCUT2D eigenvalue weighted by Gasteiger charge is -2.33. The van der Waals surface area contributed by atoms with E-state index in [-0.39, 0.29) is 0 Å². The van der Waals surface area contributed by atoms with Crippen molar-refractivity contribution in [3.05, 3.63) is 16.1 Å². The topological polar surface area (TPSA) is 52.6 Å². The van der Waals surface area contributed by atoms with E-state index >= 15 is 0 Å². The number of thiazole rings is 1. The third kappa shape index (κ3) is 5.57. The quantitative estimate of drug-likeness (QED) is 0.479. The van der Waals surface area contributed by atoms with E-state index in [0.29, 0.717) is 0 Å². The summed E-state index contributed by atoms with van der Waals surface area (Å²) in [5.74, 6) is 0.861. The van der Waals surface area contributed by atoms with Crippen molar-refractivity contribution in [3.8, 4) is 0 Å². The summed E-state index contributed by atoms with van der Waals surface area (Å²) in [5.41, 5.74) is 0. The predicted molar refractivity (Wildman–Crippen MR) is 94.6 cm³/mol. The Kier molecular flexibility index (Phi) is 7.12. The number of nitrogens with one attached hydrogen (secondary N) is 2. The van der Waals surface area contributed by atoms with Crippen molar-refractivity contribution in [2.24, 2.45) is 4.99 Å². The maximum absolute atomic E-state index is 4.35. The van der Waals surface area contributed by atoms with E-state index in [9.17, 15) is 0 Å². The molecule has 1 fully saturated rings. The van der Waals surface area contributed by atoms with Crippen LogP contribution in [0, 0.1) is 6.92 Å². The number of rotatable bonds is 6. The first-order valence-corrected chi connectivity index (χ1v) is 9.10. The van der Waals surface area contributed by atoms with Crippen LogP contribution in [0.4, 0.5) is 0 Å². The Morgan fingerprint density at radius 2 is 2.32 bits per heavy atom. The highest BCUT2D eigenvalue weighted by Gasteiger charge is 2.17. The maximum Gasteiger partial charge on any atom is 0.191 e. The fourth-order valence-electron chi connectivity index (χ4n) is 2.84. The number of aromatic nitrogens is 1. The molecule has 2 heterocycles. The normalized spacial score (nSPS) is 20.1. The summed E-state index contributed by atoms with van der Waals surface area (Å²) in [6, 6.07) is 0.749.